The summed E-state index contributed by atoms with van der Waals surface area (Å²) in [5, 5.41) is 0.809. The summed E-state index contributed by atoms with van der Waals surface area (Å²) in [5.41, 5.74) is 2.56. The molecule has 1 aromatic heterocycles. The fraction of sp³-hybridized carbons (Fsp3) is 0.273. The van der Waals surface area contributed by atoms with Crippen molar-refractivity contribution in [3.8, 4) is 11.5 Å². The van der Waals surface area contributed by atoms with Crippen molar-refractivity contribution in [1.82, 2.24) is 0 Å². The van der Waals surface area contributed by atoms with Crippen molar-refractivity contribution < 1.29 is 23.4 Å². The van der Waals surface area contributed by atoms with Gasteiger partial charge in [0.2, 0.25) is 0 Å². The smallest absolute Gasteiger partial charge is 0.336 e. The molecule has 0 atom stereocenters. The van der Waals surface area contributed by atoms with Gasteiger partial charge >= 0.3 is 11.6 Å². The highest BCUT2D eigenvalue weighted by Crippen LogP contribution is 2.30. The van der Waals surface area contributed by atoms with E-state index in [0.717, 1.165) is 27.8 Å². The second-order valence-electron chi connectivity index (χ2n) is 6.38. The second kappa shape index (κ2) is 8.61. The molecule has 0 N–H and O–H groups in total. The molecule has 0 amide bonds. The number of aryl methyl sites for hydroxylation is 2. The SMILES string of the molecule is COC(=O)CCc1cc2c(C)cc(=O)oc2cc1OCc1ccccc1OC. The first-order valence-electron chi connectivity index (χ1n) is 8.90. The molecule has 3 rings (SSSR count). The van der Waals surface area contributed by atoms with Crippen molar-refractivity contribution in [2.24, 2.45) is 0 Å². The van der Waals surface area contributed by atoms with Crippen LogP contribution in [0.4, 0.5) is 0 Å². The summed E-state index contributed by atoms with van der Waals surface area (Å²) in [6, 6.07) is 12.6. The Hall–Kier alpha value is -3.28. The van der Waals surface area contributed by atoms with Gasteiger partial charge in [-0.3, -0.25) is 4.79 Å². The molecule has 0 radical (unpaired) electrons. The third-order valence-electron chi connectivity index (χ3n) is 4.53. The van der Waals surface area contributed by atoms with Crippen LogP contribution in [0, 0.1) is 6.92 Å². The molecular weight excluding hydrogens is 360 g/mol. The Bertz CT molecular complexity index is 1050. The van der Waals surface area contributed by atoms with Gasteiger partial charge in [-0.2, -0.15) is 0 Å². The van der Waals surface area contributed by atoms with Crippen molar-refractivity contribution in [1.29, 1.82) is 0 Å². The molecular formula is C22H22O6. The molecule has 0 fully saturated rings. The van der Waals surface area contributed by atoms with Crippen LogP contribution in [0.15, 0.2) is 51.7 Å². The van der Waals surface area contributed by atoms with Crippen LogP contribution >= 0.6 is 0 Å². The quantitative estimate of drug-likeness (QED) is 0.457. The maximum absolute atomic E-state index is 11.7. The van der Waals surface area contributed by atoms with Crippen molar-refractivity contribution in [3.63, 3.8) is 0 Å². The molecule has 28 heavy (non-hydrogen) atoms. The third kappa shape index (κ3) is 4.34. The van der Waals surface area contributed by atoms with Gasteiger partial charge in [0.1, 0.15) is 23.7 Å². The molecule has 3 aromatic rings. The highest BCUT2D eigenvalue weighted by molar-refractivity contribution is 5.83. The van der Waals surface area contributed by atoms with E-state index in [0.29, 0.717) is 17.8 Å². The average Bonchev–Trinajstić information content (AvgIpc) is 2.70. The van der Waals surface area contributed by atoms with Gasteiger partial charge in [-0.05, 0) is 36.6 Å². The molecule has 6 nitrogen and oxygen atoms in total. The van der Waals surface area contributed by atoms with Gasteiger partial charge in [0, 0.05) is 29.5 Å². The number of carbonyl (C=O) groups excluding carboxylic acids is 1. The van der Waals surface area contributed by atoms with Crippen molar-refractivity contribution >= 4 is 16.9 Å². The van der Waals surface area contributed by atoms with E-state index in [1.54, 1.807) is 13.2 Å². The van der Waals surface area contributed by atoms with Gasteiger partial charge in [-0.15, -0.1) is 0 Å². The lowest BCUT2D eigenvalue weighted by Gasteiger charge is -2.14. The number of rotatable bonds is 7. The van der Waals surface area contributed by atoms with Crippen LogP contribution in [0.5, 0.6) is 11.5 Å². The van der Waals surface area contributed by atoms with Crippen LogP contribution in [0.25, 0.3) is 11.0 Å². The fourth-order valence-corrected chi connectivity index (χ4v) is 3.04. The summed E-state index contributed by atoms with van der Waals surface area (Å²) in [6.45, 7) is 2.12. The van der Waals surface area contributed by atoms with E-state index < -0.39 is 5.63 Å². The molecule has 0 spiro atoms. The van der Waals surface area contributed by atoms with E-state index in [-0.39, 0.29) is 19.0 Å². The number of para-hydroxylation sites is 1. The van der Waals surface area contributed by atoms with Crippen LogP contribution in [0.1, 0.15) is 23.1 Å². The molecule has 0 saturated heterocycles. The van der Waals surface area contributed by atoms with Crippen LogP contribution in [0.2, 0.25) is 0 Å². The molecule has 1 heterocycles. The number of benzene rings is 2. The number of hydrogen-bond donors (Lipinski definition) is 0. The first-order valence-corrected chi connectivity index (χ1v) is 8.90. The number of methoxy groups -OCH3 is 2. The number of carbonyl (C=O) groups is 1. The van der Waals surface area contributed by atoms with E-state index in [1.807, 2.05) is 37.3 Å². The predicted octanol–water partition coefficient (Wildman–Crippen LogP) is 3.79. The van der Waals surface area contributed by atoms with Gasteiger partial charge in [0.15, 0.2) is 0 Å². The van der Waals surface area contributed by atoms with E-state index in [2.05, 4.69) is 0 Å². The monoisotopic (exact) mass is 382 g/mol. The minimum Gasteiger partial charge on any atom is -0.496 e. The first kappa shape index (κ1) is 19.5. The van der Waals surface area contributed by atoms with Crippen LogP contribution in [-0.4, -0.2) is 20.2 Å². The van der Waals surface area contributed by atoms with Gasteiger partial charge < -0.3 is 18.6 Å². The Morgan fingerprint density at radius 1 is 1.04 bits per heavy atom. The van der Waals surface area contributed by atoms with E-state index >= 15 is 0 Å². The Morgan fingerprint density at radius 2 is 1.82 bits per heavy atom. The van der Waals surface area contributed by atoms with Gasteiger partial charge in [0.25, 0.3) is 0 Å². The van der Waals surface area contributed by atoms with E-state index in [9.17, 15) is 9.59 Å². The summed E-state index contributed by atoms with van der Waals surface area (Å²) < 4.78 is 21.5. The summed E-state index contributed by atoms with van der Waals surface area (Å²) in [5.74, 6) is 0.977. The summed E-state index contributed by atoms with van der Waals surface area (Å²) in [4.78, 5) is 23.3. The van der Waals surface area contributed by atoms with Gasteiger partial charge in [-0.25, -0.2) is 4.79 Å². The molecule has 0 aliphatic heterocycles. The Kier molecular flexibility index (Phi) is 5.99. The number of ether oxygens (including phenoxy) is 3. The first-order chi connectivity index (χ1) is 13.5. The van der Waals surface area contributed by atoms with Crippen LogP contribution in [0.3, 0.4) is 0 Å². The van der Waals surface area contributed by atoms with Crippen molar-refractivity contribution in [3.05, 3.63) is 69.6 Å². The number of fused-ring (bicyclic) bond motifs is 1. The zero-order chi connectivity index (χ0) is 20.1. The zero-order valence-corrected chi connectivity index (χ0v) is 16.1. The summed E-state index contributed by atoms with van der Waals surface area (Å²) >= 11 is 0. The van der Waals surface area contributed by atoms with E-state index in [4.69, 9.17) is 18.6 Å². The van der Waals surface area contributed by atoms with Gasteiger partial charge in [-0.1, -0.05) is 18.2 Å². The zero-order valence-electron chi connectivity index (χ0n) is 16.1. The Balaban J connectivity index is 1.97. The fourth-order valence-electron chi connectivity index (χ4n) is 3.04. The highest BCUT2D eigenvalue weighted by Gasteiger charge is 2.13. The van der Waals surface area contributed by atoms with Crippen LogP contribution in [-0.2, 0) is 22.6 Å². The third-order valence-corrected chi connectivity index (χ3v) is 4.53. The molecule has 0 saturated carbocycles. The molecule has 146 valence electrons. The Morgan fingerprint density at radius 3 is 2.57 bits per heavy atom. The summed E-state index contributed by atoms with van der Waals surface area (Å²) in [7, 11) is 2.97. The Labute approximate surface area is 162 Å². The normalized spacial score (nSPS) is 10.7. The van der Waals surface area contributed by atoms with E-state index in [1.165, 1.54) is 13.2 Å². The topological polar surface area (TPSA) is 75.0 Å². The summed E-state index contributed by atoms with van der Waals surface area (Å²) in [6.07, 6.45) is 0.672. The second-order valence-corrected chi connectivity index (χ2v) is 6.38. The maximum atomic E-state index is 11.7. The lowest BCUT2D eigenvalue weighted by Crippen LogP contribution is -2.06. The van der Waals surface area contributed by atoms with Gasteiger partial charge in [0.05, 0.1) is 14.2 Å². The minimum atomic E-state index is -0.414. The average molecular weight is 382 g/mol. The lowest BCUT2D eigenvalue weighted by molar-refractivity contribution is -0.140. The predicted molar refractivity (Wildman–Crippen MR) is 105 cm³/mol. The lowest BCUT2D eigenvalue weighted by atomic mass is 10.0. The van der Waals surface area contributed by atoms with Crippen LogP contribution < -0.4 is 15.1 Å². The molecule has 6 heteroatoms. The maximum Gasteiger partial charge on any atom is 0.336 e. The number of esters is 1. The molecule has 0 unspecified atom stereocenters. The molecule has 0 aliphatic rings. The molecule has 0 bridgehead atoms. The highest BCUT2D eigenvalue weighted by atomic mass is 16.5. The number of hydrogen-bond acceptors (Lipinski definition) is 6. The molecule has 0 aliphatic carbocycles. The molecule has 2 aromatic carbocycles. The standard InChI is InChI=1S/C22H22O6/c1-14-10-22(24)28-20-12-19(15(11-17(14)20)8-9-21(23)26-3)27-13-16-6-4-5-7-18(16)25-2/h4-7,10-12H,8-9,13H2,1-3H3. The minimum absolute atomic E-state index is 0.225. The van der Waals surface area contributed by atoms with Crippen molar-refractivity contribution in [2.45, 2.75) is 26.4 Å². The van der Waals surface area contributed by atoms with Crippen molar-refractivity contribution in [2.75, 3.05) is 14.2 Å². The largest absolute Gasteiger partial charge is 0.496 e.